The highest BCUT2D eigenvalue weighted by Gasteiger charge is 2.23. The van der Waals surface area contributed by atoms with Gasteiger partial charge in [-0.05, 0) is 12.0 Å². The Morgan fingerprint density at radius 1 is 1.33 bits per heavy atom. The van der Waals surface area contributed by atoms with Crippen LogP contribution in [0.15, 0.2) is 24.3 Å². The second-order valence-corrected chi connectivity index (χ2v) is 5.39. The van der Waals surface area contributed by atoms with Gasteiger partial charge in [0.2, 0.25) is 0 Å². The van der Waals surface area contributed by atoms with E-state index in [9.17, 15) is 9.59 Å². The first-order valence-corrected chi connectivity index (χ1v) is 6.84. The molecule has 21 heavy (non-hydrogen) atoms. The summed E-state index contributed by atoms with van der Waals surface area (Å²) in [6.45, 7) is 3.74. The number of para-hydroxylation sites is 1. The van der Waals surface area contributed by atoms with Crippen molar-refractivity contribution in [2.24, 2.45) is 18.9 Å². The van der Waals surface area contributed by atoms with Gasteiger partial charge in [-0.3, -0.25) is 14.3 Å². The lowest BCUT2D eigenvalue weighted by atomic mass is 9.96. The Hall–Kier alpha value is -2.37. The van der Waals surface area contributed by atoms with Crippen molar-refractivity contribution in [2.75, 3.05) is 6.54 Å². The van der Waals surface area contributed by atoms with E-state index in [4.69, 9.17) is 5.11 Å². The van der Waals surface area contributed by atoms with Gasteiger partial charge >= 0.3 is 5.97 Å². The molecule has 2 N–H and O–H groups in total. The highest BCUT2D eigenvalue weighted by atomic mass is 16.4. The quantitative estimate of drug-likeness (QED) is 0.876. The third-order valence-electron chi connectivity index (χ3n) is 3.58. The molecule has 1 atom stereocenters. The van der Waals surface area contributed by atoms with Gasteiger partial charge in [0.05, 0.1) is 11.4 Å². The van der Waals surface area contributed by atoms with Crippen LogP contribution in [0, 0.1) is 11.8 Å². The normalized spacial score (nSPS) is 12.6. The van der Waals surface area contributed by atoms with Gasteiger partial charge in [0.25, 0.3) is 5.91 Å². The zero-order chi connectivity index (χ0) is 15.6. The van der Waals surface area contributed by atoms with Crippen LogP contribution in [0.3, 0.4) is 0 Å². The SMILES string of the molecule is CC(C)C(CNC(=O)c1nn(C)c2ccccc12)C(=O)O. The summed E-state index contributed by atoms with van der Waals surface area (Å²) >= 11 is 0. The Morgan fingerprint density at radius 3 is 2.62 bits per heavy atom. The maximum atomic E-state index is 12.2. The van der Waals surface area contributed by atoms with E-state index in [1.165, 1.54) is 0 Å². The van der Waals surface area contributed by atoms with Crippen LogP contribution in [-0.2, 0) is 11.8 Å². The molecule has 1 aromatic carbocycles. The number of carboxylic acids is 1. The monoisotopic (exact) mass is 289 g/mol. The van der Waals surface area contributed by atoms with Gasteiger partial charge in [-0.15, -0.1) is 0 Å². The molecule has 0 radical (unpaired) electrons. The first-order valence-electron chi connectivity index (χ1n) is 6.84. The summed E-state index contributed by atoms with van der Waals surface area (Å²) in [5, 5.41) is 16.8. The Bertz CT molecular complexity index is 676. The molecule has 1 amide bonds. The largest absolute Gasteiger partial charge is 0.481 e. The molecule has 112 valence electrons. The molecule has 0 aliphatic carbocycles. The number of amides is 1. The average Bonchev–Trinajstić information content (AvgIpc) is 2.76. The highest BCUT2D eigenvalue weighted by Crippen LogP contribution is 2.17. The van der Waals surface area contributed by atoms with Crippen LogP contribution >= 0.6 is 0 Å². The summed E-state index contributed by atoms with van der Waals surface area (Å²) in [5.41, 5.74) is 1.18. The molecule has 0 saturated carbocycles. The van der Waals surface area contributed by atoms with Crippen molar-refractivity contribution in [3.8, 4) is 0 Å². The number of hydrogen-bond acceptors (Lipinski definition) is 3. The van der Waals surface area contributed by atoms with E-state index in [0.29, 0.717) is 5.69 Å². The molecule has 0 bridgehead atoms. The number of aliphatic carboxylic acids is 1. The minimum Gasteiger partial charge on any atom is -0.481 e. The van der Waals surface area contributed by atoms with E-state index < -0.39 is 11.9 Å². The molecular weight excluding hydrogens is 270 g/mol. The molecule has 1 heterocycles. The van der Waals surface area contributed by atoms with Gasteiger partial charge in [-0.2, -0.15) is 5.10 Å². The van der Waals surface area contributed by atoms with E-state index in [1.54, 1.807) is 11.7 Å². The topological polar surface area (TPSA) is 84.2 Å². The summed E-state index contributed by atoms with van der Waals surface area (Å²) in [6.07, 6.45) is 0. The fourth-order valence-corrected chi connectivity index (χ4v) is 2.28. The minimum absolute atomic E-state index is 0.0525. The number of aryl methyl sites for hydroxylation is 1. The number of nitrogens with zero attached hydrogens (tertiary/aromatic N) is 2. The fourth-order valence-electron chi connectivity index (χ4n) is 2.28. The van der Waals surface area contributed by atoms with Crippen molar-refractivity contribution in [3.05, 3.63) is 30.0 Å². The van der Waals surface area contributed by atoms with Crippen molar-refractivity contribution >= 4 is 22.8 Å². The Labute approximate surface area is 122 Å². The molecule has 2 rings (SSSR count). The maximum absolute atomic E-state index is 12.2. The summed E-state index contributed by atoms with van der Waals surface area (Å²) in [7, 11) is 1.77. The zero-order valence-electron chi connectivity index (χ0n) is 12.3. The van der Waals surface area contributed by atoms with Crippen molar-refractivity contribution in [1.29, 1.82) is 0 Å². The van der Waals surface area contributed by atoms with Gasteiger partial charge in [0.15, 0.2) is 5.69 Å². The van der Waals surface area contributed by atoms with E-state index in [1.807, 2.05) is 38.1 Å². The standard InChI is InChI=1S/C15H19N3O3/c1-9(2)11(15(20)21)8-16-14(19)13-10-6-4-5-7-12(10)18(3)17-13/h4-7,9,11H,8H2,1-3H3,(H,16,19)(H,20,21). The lowest BCUT2D eigenvalue weighted by molar-refractivity contribution is -0.142. The first kappa shape index (κ1) is 15.0. The number of benzene rings is 1. The fraction of sp³-hybridized carbons (Fsp3) is 0.400. The third kappa shape index (κ3) is 3.04. The summed E-state index contributed by atoms with van der Waals surface area (Å²) in [5.74, 6) is -1.91. The van der Waals surface area contributed by atoms with E-state index in [2.05, 4.69) is 10.4 Å². The third-order valence-corrected chi connectivity index (χ3v) is 3.58. The van der Waals surface area contributed by atoms with Crippen molar-refractivity contribution < 1.29 is 14.7 Å². The number of carbonyl (C=O) groups excluding carboxylic acids is 1. The Kier molecular flexibility index (Phi) is 4.26. The molecule has 0 fully saturated rings. The van der Waals surface area contributed by atoms with E-state index >= 15 is 0 Å². The second-order valence-electron chi connectivity index (χ2n) is 5.39. The van der Waals surface area contributed by atoms with Crippen LogP contribution in [0.25, 0.3) is 10.9 Å². The molecule has 0 aliphatic heterocycles. The van der Waals surface area contributed by atoms with Crippen molar-refractivity contribution in [2.45, 2.75) is 13.8 Å². The molecule has 0 saturated heterocycles. The van der Waals surface area contributed by atoms with Gasteiger partial charge in [0, 0.05) is 19.0 Å². The minimum atomic E-state index is -0.906. The summed E-state index contributed by atoms with van der Waals surface area (Å²) in [4.78, 5) is 23.4. The molecule has 1 unspecified atom stereocenters. The van der Waals surface area contributed by atoms with E-state index in [-0.39, 0.29) is 18.4 Å². The number of rotatable bonds is 5. The van der Waals surface area contributed by atoms with Gasteiger partial charge < -0.3 is 10.4 Å². The number of carbonyl (C=O) groups is 2. The van der Waals surface area contributed by atoms with E-state index in [0.717, 1.165) is 10.9 Å². The lowest BCUT2D eigenvalue weighted by Gasteiger charge is -2.16. The van der Waals surface area contributed by atoms with Crippen LogP contribution in [0.5, 0.6) is 0 Å². The van der Waals surface area contributed by atoms with Crippen LogP contribution < -0.4 is 5.32 Å². The number of hydrogen-bond donors (Lipinski definition) is 2. The lowest BCUT2D eigenvalue weighted by Crippen LogP contribution is -2.35. The van der Waals surface area contributed by atoms with Crippen molar-refractivity contribution in [3.63, 3.8) is 0 Å². The smallest absolute Gasteiger partial charge is 0.308 e. The van der Waals surface area contributed by atoms with Gasteiger partial charge in [-0.1, -0.05) is 32.0 Å². The molecular formula is C15H19N3O3. The van der Waals surface area contributed by atoms with Crippen molar-refractivity contribution in [1.82, 2.24) is 15.1 Å². The maximum Gasteiger partial charge on any atom is 0.308 e. The Balaban J connectivity index is 2.18. The van der Waals surface area contributed by atoms with Gasteiger partial charge in [0.1, 0.15) is 0 Å². The molecule has 2 aromatic rings. The zero-order valence-corrected chi connectivity index (χ0v) is 12.3. The highest BCUT2D eigenvalue weighted by molar-refractivity contribution is 6.04. The number of fused-ring (bicyclic) bond motifs is 1. The average molecular weight is 289 g/mol. The summed E-state index contributed by atoms with van der Waals surface area (Å²) in [6, 6.07) is 7.43. The number of nitrogens with one attached hydrogen (secondary N) is 1. The molecule has 6 heteroatoms. The van der Waals surface area contributed by atoms with Crippen LogP contribution in [0.4, 0.5) is 0 Å². The van der Waals surface area contributed by atoms with Crippen LogP contribution in [0.1, 0.15) is 24.3 Å². The number of aromatic nitrogens is 2. The van der Waals surface area contributed by atoms with Crippen LogP contribution in [0.2, 0.25) is 0 Å². The predicted octanol–water partition coefficient (Wildman–Crippen LogP) is 1.66. The molecule has 1 aromatic heterocycles. The number of carboxylic acid groups (broad SMARTS) is 1. The second kappa shape index (κ2) is 5.95. The Morgan fingerprint density at radius 2 is 2.00 bits per heavy atom. The first-order chi connectivity index (χ1) is 9.91. The molecule has 0 spiro atoms. The van der Waals surface area contributed by atoms with Gasteiger partial charge in [-0.25, -0.2) is 0 Å². The summed E-state index contributed by atoms with van der Waals surface area (Å²) < 4.78 is 1.64. The molecule has 6 nitrogen and oxygen atoms in total. The van der Waals surface area contributed by atoms with Crippen LogP contribution in [-0.4, -0.2) is 33.3 Å². The molecule has 0 aliphatic rings. The predicted molar refractivity (Wildman–Crippen MR) is 79.0 cm³/mol.